The molecule has 0 N–H and O–H groups in total. The van der Waals surface area contributed by atoms with Crippen molar-refractivity contribution in [1.29, 1.82) is 0 Å². The second-order valence-electron chi connectivity index (χ2n) is 16.9. The molecule has 5 heteroatoms. The van der Waals surface area contributed by atoms with E-state index in [1.165, 1.54) is 75.0 Å². The molecule has 2 saturated carbocycles. The molecular weight excluding hydrogens is 707 g/mol. The molecule has 3 aliphatic carbocycles. The predicted octanol–water partition coefficient (Wildman–Crippen LogP) is 13.1. The Labute approximate surface area is 336 Å². The van der Waals surface area contributed by atoms with E-state index in [0.29, 0.717) is 29.3 Å². The molecule has 0 saturated heterocycles. The SMILES string of the molecule is c1ccc(-c2nc(-c3ccccc3)nc(-c3cccc(-n4c5ccccc5c5cc6c7cc8c(cc7n(-c7ccccc7)c6cc54)C4CC5CC8CC4C5)c3)n2)cc1. The molecule has 4 unspecified atom stereocenters. The van der Waals surface area contributed by atoms with Crippen molar-refractivity contribution in [3.05, 3.63) is 175 Å². The normalized spacial score (nSPS) is 19.4. The summed E-state index contributed by atoms with van der Waals surface area (Å²) in [6, 6.07) is 59.1. The molecule has 13 rings (SSSR count). The molecule has 5 nitrogen and oxygen atoms in total. The third kappa shape index (κ3) is 4.80. The highest BCUT2D eigenvalue weighted by Gasteiger charge is 2.47. The summed E-state index contributed by atoms with van der Waals surface area (Å²) in [6.07, 6.45) is 5.54. The first-order valence-corrected chi connectivity index (χ1v) is 20.8. The number of fused-ring (bicyclic) bond motifs is 11. The average molecular weight is 746 g/mol. The van der Waals surface area contributed by atoms with Crippen LogP contribution in [0.3, 0.4) is 0 Å². The van der Waals surface area contributed by atoms with E-state index >= 15 is 0 Å². The summed E-state index contributed by atoms with van der Waals surface area (Å²) in [5.41, 5.74) is 13.3. The lowest BCUT2D eigenvalue weighted by molar-refractivity contribution is 0.297. The maximum absolute atomic E-state index is 5.08. The van der Waals surface area contributed by atoms with Gasteiger partial charge in [0.15, 0.2) is 17.5 Å². The van der Waals surface area contributed by atoms with Crippen molar-refractivity contribution in [2.24, 2.45) is 11.8 Å². The van der Waals surface area contributed by atoms with Gasteiger partial charge in [-0.1, -0.05) is 109 Å². The highest BCUT2D eigenvalue weighted by molar-refractivity contribution is 6.19. The van der Waals surface area contributed by atoms with Crippen molar-refractivity contribution in [2.75, 3.05) is 0 Å². The zero-order chi connectivity index (χ0) is 37.9. The van der Waals surface area contributed by atoms with Gasteiger partial charge in [0.05, 0.1) is 22.1 Å². The van der Waals surface area contributed by atoms with Gasteiger partial charge in [0, 0.05) is 49.6 Å². The lowest BCUT2D eigenvalue weighted by atomic mass is 9.69. The molecule has 0 radical (unpaired) electrons. The molecule has 0 spiro atoms. The minimum absolute atomic E-state index is 0.646. The summed E-state index contributed by atoms with van der Waals surface area (Å²) in [4.78, 5) is 15.1. The molecular formula is C53H39N5. The Balaban J connectivity index is 1.05. The first-order valence-electron chi connectivity index (χ1n) is 20.8. The van der Waals surface area contributed by atoms with Gasteiger partial charge < -0.3 is 9.13 Å². The third-order valence-corrected chi connectivity index (χ3v) is 13.7. The van der Waals surface area contributed by atoms with Crippen LogP contribution < -0.4 is 0 Å². The van der Waals surface area contributed by atoms with E-state index in [9.17, 15) is 0 Å². The van der Waals surface area contributed by atoms with Crippen LogP contribution >= 0.6 is 0 Å². The lowest BCUT2D eigenvalue weighted by Gasteiger charge is -2.36. The number of aromatic nitrogens is 5. The van der Waals surface area contributed by atoms with Gasteiger partial charge in [-0.15, -0.1) is 0 Å². The lowest BCUT2D eigenvalue weighted by Crippen LogP contribution is -2.22. The molecule has 10 aromatic rings. The Kier molecular flexibility index (Phi) is 6.85. The van der Waals surface area contributed by atoms with Crippen molar-refractivity contribution in [1.82, 2.24) is 24.1 Å². The fourth-order valence-corrected chi connectivity index (χ4v) is 11.3. The summed E-state index contributed by atoms with van der Waals surface area (Å²) in [5, 5.41) is 5.20. The predicted molar refractivity (Wildman–Crippen MR) is 236 cm³/mol. The summed E-state index contributed by atoms with van der Waals surface area (Å²) >= 11 is 0. The number of hydrogen-bond acceptors (Lipinski definition) is 3. The van der Waals surface area contributed by atoms with Gasteiger partial charge in [-0.25, -0.2) is 15.0 Å². The average Bonchev–Trinajstić information content (AvgIpc) is 3.87. The molecule has 4 atom stereocenters. The van der Waals surface area contributed by atoms with E-state index in [0.717, 1.165) is 34.2 Å². The summed E-state index contributed by atoms with van der Waals surface area (Å²) in [6.45, 7) is 0. The molecule has 7 aromatic carbocycles. The molecule has 3 heterocycles. The molecule has 276 valence electrons. The van der Waals surface area contributed by atoms with Gasteiger partial charge in [0.25, 0.3) is 0 Å². The van der Waals surface area contributed by atoms with Gasteiger partial charge in [-0.2, -0.15) is 0 Å². The van der Waals surface area contributed by atoms with Crippen molar-refractivity contribution in [2.45, 2.75) is 37.5 Å². The first kappa shape index (κ1) is 32.3. The number of benzene rings is 7. The minimum Gasteiger partial charge on any atom is -0.309 e. The fourth-order valence-electron chi connectivity index (χ4n) is 11.3. The van der Waals surface area contributed by atoms with Gasteiger partial charge in [-0.3, -0.25) is 0 Å². The number of hydrogen-bond donors (Lipinski definition) is 0. The largest absolute Gasteiger partial charge is 0.309 e. The Morgan fingerprint density at radius 1 is 0.379 bits per heavy atom. The number of para-hydroxylation sites is 2. The number of nitrogens with zero attached hydrogens (tertiary/aromatic N) is 5. The third-order valence-electron chi connectivity index (χ3n) is 13.7. The fraction of sp³-hybridized carbons (Fsp3) is 0.151. The van der Waals surface area contributed by atoms with E-state index < -0.39 is 0 Å². The van der Waals surface area contributed by atoms with Crippen LogP contribution in [0.2, 0.25) is 0 Å². The molecule has 3 bridgehead atoms. The van der Waals surface area contributed by atoms with Crippen LogP contribution in [-0.2, 0) is 0 Å². The van der Waals surface area contributed by atoms with Crippen LogP contribution in [-0.4, -0.2) is 24.1 Å². The van der Waals surface area contributed by atoms with Crippen LogP contribution in [0.25, 0.3) is 89.2 Å². The number of rotatable bonds is 5. The summed E-state index contributed by atoms with van der Waals surface area (Å²) in [5.74, 6) is 5.14. The second-order valence-corrected chi connectivity index (χ2v) is 16.9. The summed E-state index contributed by atoms with van der Waals surface area (Å²) in [7, 11) is 0. The standard InChI is InChI=1S/C53H39N5/c1-4-13-33(14-5-1)51-54-52(34-15-6-2-7-16-34)56-53(55-51)35-17-12-20-39(27-35)58-47-22-11-10-21-40(47)44-29-46-45-28-42-37-24-32-23-36(26-37)41(25-32)43(42)30-48(45)57(50(46)31-49(44)58)38-18-8-3-9-19-38/h1-22,27-32,36-37,41H,23-26H2. The van der Waals surface area contributed by atoms with Gasteiger partial charge in [0.1, 0.15) is 0 Å². The van der Waals surface area contributed by atoms with Crippen LogP contribution in [0, 0.1) is 11.8 Å². The van der Waals surface area contributed by atoms with Crippen LogP contribution in [0.1, 0.15) is 48.6 Å². The van der Waals surface area contributed by atoms with Crippen LogP contribution in [0.5, 0.6) is 0 Å². The molecule has 3 aliphatic rings. The van der Waals surface area contributed by atoms with Crippen molar-refractivity contribution in [3.63, 3.8) is 0 Å². The Morgan fingerprint density at radius 3 is 1.69 bits per heavy atom. The highest BCUT2D eigenvalue weighted by Crippen LogP contribution is 2.61. The highest BCUT2D eigenvalue weighted by atomic mass is 15.0. The molecule has 3 aromatic heterocycles. The maximum atomic E-state index is 5.08. The quantitative estimate of drug-likeness (QED) is 0.176. The Bertz CT molecular complexity index is 3190. The Hall–Kier alpha value is -6.85. The van der Waals surface area contributed by atoms with Crippen LogP contribution in [0.4, 0.5) is 0 Å². The zero-order valence-electron chi connectivity index (χ0n) is 32.0. The first-order chi connectivity index (χ1) is 28.7. The summed E-state index contributed by atoms with van der Waals surface area (Å²) < 4.78 is 4.97. The van der Waals surface area contributed by atoms with Crippen molar-refractivity contribution >= 4 is 43.6 Å². The topological polar surface area (TPSA) is 48.5 Å². The smallest absolute Gasteiger partial charge is 0.164 e. The molecule has 2 fully saturated rings. The van der Waals surface area contributed by atoms with E-state index in [-0.39, 0.29) is 0 Å². The molecule has 0 amide bonds. The van der Waals surface area contributed by atoms with E-state index in [1.54, 1.807) is 11.1 Å². The van der Waals surface area contributed by atoms with Crippen molar-refractivity contribution in [3.8, 4) is 45.5 Å². The van der Waals surface area contributed by atoms with Gasteiger partial charge in [0.2, 0.25) is 0 Å². The molecule has 0 aliphatic heterocycles. The minimum atomic E-state index is 0.646. The monoisotopic (exact) mass is 745 g/mol. The van der Waals surface area contributed by atoms with E-state index in [2.05, 4.69) is 137 Å². The molecule has 58 heavy (non-hydrogen) atoms. The maximum Gasteiger partial charge on any atom is 0.164 e. The Morgan fingerprint density at radius 2 is 0.948 bits per heavy atom. The zero-order valence-corrected chi connectivity index (χ0v) is 32.0. The van der Waals surface area contributed by atoms with Crippen LogP contribution in [0.15, 0.2) is 164 Å². The van der Waals surface area contributed by atoms with Gasteiger partial charge in [-0.05, 0) is 115 Å². The second kappa shape index (κ2) is 12.3. The van der Waals surface area contributed by atoms with Crippen molar-refractivity contribution < 1.29 is 0 Å². The van der Waals surface area contributed by atoms with E-state index in [4.69, 9.17) is 15.0 Å². The van der Waals surface area contributed by atoms with E-state index in [1.807, 2.05) is 36.4 Å². The van der Waals surface area contributed by atoms with Gasteiger partial charge >= 0.3 is 0 Å².